The maximum Gasteiger partial charge on any atom is 0.416 e. The minimum atomic E-state index is -4.50. The van der Waals surface area contributed by atoms with Gasteiger partial charge in [0.2, 0.25) is 10.0 Å². The molecule has 2 rings (SSSR count). The van der Waals surface area contributed by atoms with Crippen LogP contribution in [0.15, 0.2) is 53.6 Å². The first kappa shape index (κ1) is 24.2. The molecule has 0 radical (unpaired) electrons. The summed E-state index contributed by atoms with van der Waals surface area (Å²) in [5.41, 5.74) is 1.68. The maximum atomic E-state index is 12.8. The van der Waals surface area contributed by atoms with E-state index in [9.17, 15) is 26.4 Å². The first-order valence-corrected chi connectivity index (χ1v) is 11.0. The van der Waals surface area contributed by atoms with Crippen LogP contribution in [0.2, 0.25) is 0 Å². The predicted molar refractivity (Wildman–Crippen MR) is 112 cm³/mol. The Labute approximate surface area is 178 Å². The second-order valence-electron chi connectivity index (χ2n) is 6.52. The summed E-state index contributed by atoms with van der Waals surface area (Å²) in [6.45, 7) is 3.62. The number of nitrogens with one attached hydrogen (secondary N) is 1. The molecule has 1 N–H and O–H groups in total. The number of hydrogen-bond donors (Lipinski definition) is 1. The van der Waals surface area contributed by atoms with Crippen molar-refractivity contribution in [2.45, 2.75) is 26.1 Å². The SMILES string of the molecule is CCOc1ccc(N([C@H](C)C(=O)N/N=C\c2cccc(C(F)(F)F)c2)S(C)(=O)=O)cc1. The lowest BCUT2D eigenvalue weighted by Gasteiger charge is -2.27. The van der Waals surface area contributed by atoms with Crippen molar-refractivity contribution >= 4 is 27.8 Å². The molecule has 11 heteroatoms. The molecule has 2 aromatic rings. The topological polar surface area (TPSA) is 88.1 Å². The summed E-state index contributed by atoms with van der Waals surface area (Å²) in [6, 6.07) is 9.38. The predicted octanol–water partition coefficient (Wildman–Crippen LogP) is 3.41. The first-order valence-electron chi connectivity index (χ1n) is 9.16. The molecule has 0 saturated carbocycles. The van der Waals surface area contributed by atoms with Gasteiger partial charge in [0.1, 0.15) is 11.8 Å². The van der Waals surface area contributed by atoms with E-state index in [4.69, 9.17) is 4.74 Å². The van der Waals surface area contributed by atoms with Gasteiger partial charge in [-0.2, -0.15) is 18.3 Å². The lowest BCUT2D eigenvalue weighted by Crippen LogP contribution is -2.46. The Morgan fingerprint density at radius 2 is 1.87 bits per heavy atom. The highest BCUT2D eigenvalue weighted by atomic mass is 32.2. The molecule has 2 aromatic carbocycles. The normalized spacial score (nSPS) is 13.1. The number of hydrazone groups is 1. The number of hydrogen-bond acceptors (Lipinski definition) is 5. The van der Waals surface area contributed by atoms with Gasteiger partial charge in [0.05, 0.1) is 30.3 Å². The van der Waals surface area contributed by atoms with Crippen molar-refractivity contribution in [3.8, 4) is 5.75 Å². The van der Waals surface area contributed by atoms with Crippen molar-refractivity contribution < 1.29 is 31.1 Å². The van der Waals surface area contributed by atoms with Gasteiger partial charge >= 0.3 is 6.18 Å². The highest BCUT2D eigenvalue weighted by Gasteiger charge is 2.30. The van der Waals surface area contributed by atoms with E-state index in [1.165, 1.54) is 31.2 Å². The Balaban J connectivity index is 2.16. The standard InChI is InChI=1S/C20H22F3N3O4S/c1-4-30-18-10-8-17(9-11-18)26(31(3,28)29)14(2)19(27)25-24-13-15-6-5-7-16(12-15)20(21,22)23/h5-14H,4H2,1-3H3,(H,25,27)/b24-13-/t14-/m1/s1. The Bertz CT molecular complexity index is 1040. The second-order valence-corrected chi connectivity index (χ2v) is 8.38. The highest BCUT2D eigenvalue weighted by molar-refractivity contribution is 7.92. The van der Waals surface area contributed by atoms with Crippen LogP contribution in [-0.2, 0) is 21.0 Å². The monoisotopic (exact) mass is 457 g/mol. The zero-order chi connectivity index (χ0) is 23.2. The van der Waals surface area contributed by atoms with Gasteiger partial charge in [-0.3, -0.25) is 9.10 Å². The second kappa shape index (κ2) is 9.82. The smallest absolute Gasteiger partial charge is 0.416 e. The van der Waals surface area contributed by atoms with Gasteiger partial charge in [0.25, 0.3) is 5.91 Å². The summed E-state index contributed by atoms with van der Waals surface area (Å²) in [4.78, 5) is 12.5. The third-order valence-electron chi connectivity index (χ3n) is 4.09. The molecule has 0 aliphatic heterocycles. The lowest BCUT2D eigenvalue weighted by molar-refractivity contribution is -0.137. The van der Waals surface area contributed by atoms with Crippen LogP contribution in [0.1, 0.15) is 25.0 Å². The lowest BCUT2D eigenvalue weighted by atomic mass is 10.1. The molecular weight excluding hydrogens is 435 g/mol. The van der Waals surface area contributed by atoms with Crippen LogP contribution in [0, 0.1) is 0 Å². The average Bonchev–Trinajstić information content (AvgIpc) is 2.68. The Kier molecular flexibility index (Phi) is 7.66. The molecular formula is C20H22F3N3O4S. The van der Waals surface area contributed by atoms with Crippen LogP contribution >= 0.6 is 0 Å². The molecule has 1 atom stereocenters. The number of carbonyl (C=O) groups is 1. The first-order chi connectivity index (χ1) is 14.4. The fourth-order valence-corrected chi connectivity index (χ4v) is 3.90. The van der Waals surface area contributed by atoms with Crippen molar-refractivity contribution in [2.75, 3.05) is 17.2 Å². The Morgan fingerprint density at radius 3 is 2.42 bits per heavy atom. The third-order valence-corrected chi connectivity index (χ3v) is 5.33. The summed E-state index contributed by atoms with van der Waals surface area (Å²) < 4.78 is 69.1. The number of benzene rings is 2. The minimum Gasteiger partial charge on any atom is -0.494 e. The number of sulfonamides is 1. The molecule has 0 heterocycles. The molecule has 0 spiro atoms. The minimum absolute atomic E-state index is 0.120. The van der Waals surface area contributed by atoms with Crippen LogP contribution in [0.3, 0.4) is 0 Å². The molecule has 0 unspecified atom stereocenters. The Hall–Kier alpha value is -3.08. The molecule has 0 saturated heterocycles. The van der Waals surface area contributed by atoms with E-state index in [0.717, 1.165) is 28.9 Å². The van der Waals surface area contributed by atoms with Gasteiger partial charge in [-0.05, 0) is 55.8 Å². The molecule has 31 heavy (non-hydrogen) atoms. The quantitative estimate of drug-likeness (QED) is 0.486. The van der Waals surface area contributed by atoms with Crippen molar-refractivity contribution in [1.82, 2.24) is 5.43 Å². The van der Waals surface area contributed by atoms with Gasteiger partial charge < -0.3 is 4.74 Å². The van der Waals surface area contributed by atoms with Crippen LogP contribution in [-0.4, -0.2) is 39.4 Å². The number of alkyl halides is 3. The Morgan fingerprint density at radius 1 is 1.23 bits per heavy atom. The number of amides is 1. The summed E-state index contributed by atoms with van der Waals surface area (Å²) >= 11 is 0. The number of ether oxygens (including phenoxy) is 1. The maximum absolute atomic E-state index is 12.8. The summed E-state index contributed by atoms with van der Waals surface area (Å²) in [7, 11) is -3.83. The van der Waals surface area contributed by atoms with Crippen molar-refractivity contribution in [3.63, 3.8) is 0 Å². The average molecular weight is 457 g/mol. The summed E-state index contributed by atoms with van der Waals surface area (Å²) in [6.07, 6.45) is -2.50. The van der Waals surface area contributed by atoms with Crippen LogP contribution < -0.4 is 14.5 Å². The number of rotatable bonds is 8. The third kappa shape index (κ3) is 6.71. The number of nitrogens with zero attached hydrogens (tertiary/aromatic N) is 2. The highest BCUT2D eigenvalue weighted by Crippen LogP contribution is 2.29. The zero-order valence-corrected chi connectivity index (χ0v) is 17.9. The van der Waals surface area contributed by atoms with Crippen LogP contribution in [0.25, 0.3) is 0 Å². The van der Waals surface area contributed by atoms with Gasteiger partial charge in [-0.15, -0.1) is 0 Å². The van der Waals surface area contributed by atoms with Gasteiger partial charge in [0.15, 0.2) is 0 Å². The number of halogens is 3. The van der Waals surface area contributed by atoms with Crippen LogP contribution in [0.4, 0.5) is 18.9 Å². The van der Waals surface area contributed by atoms with E-state index in [0.29, 0.717) is 12.4 Å². The zero-order valence-electron chi connectivity index (χ0n) is 17.1. The fourth-order valence-electron chi connectivity index (χ4n) is 2.72. The van der Waals surface area contributed by atoms with Crippen molar-refractivity contribution in [2.24, 2.45) is 5.10 Å². The molecule has 0 aliphatic rings. The van der Waals surface area contributed by atoms with Crippen molar-refractivity contribution in [1.29, 1.82) is 0 Å². The van der Waals surface area contributed by atoms with E-state index in [2.05, 4.69) is 10.5 Å². The molecule has 0 fully saturated rings. The molecule has 0 aliphatic carbocycles. The van der Waals surface area contributed by atoms with E-state index >= 15 is 0 Å². The molecule has 0 bridgehead atoms. The van der Waals surface area contributed by atoms with Gasteiger partial charge in [-0.25, -0.2) is 13.8 Å². The fraction of sp³-hybridized carbons (Fsp3) is 0.300. The van der Waals surface area contributed by atoms with E-state index in [1.54, 1.807) is 12.1 Å². The molecule has 0 aromatic heterocycles. The summed E-state index contributed by atoms with van der Waals surface area (Å²) in [5, 5.41) is 3.65. The molecule has 168 valence electrons. The van der Waals surface area contributed by atoms with Crippen LogP contribution in [0.5, 0.6) is 5.75 Å². The number of anilines is 1. The molecule has 1 amide bonds. The van der Waals surface area contributed by atoms with Gasteiger partial charge in [0, 0.05) is 0 Å². The van der Waals surface area contributed by atoms with E-state index in [-0.39, 0.29) is 11.3 Å². The van der Waals surface area contributed by atoms with Crippen molar-refractivity contribution in [3.05, 3.63) is 59.7 Å². The summed E-state index contributed by atoms with van der Waals surface area (Å²) in [5.74, 6) is -0.218. The van der Waals surface area contributed by atoms with Gasteiger partial charge in [-0.1, -0.05) is 12.1 Å². The molecule has 7 nitrogen and oxygen atoms in total. The number of carbonyl (C=O) groups excluding carboxylic acids is 1. The van der Waals surface area contributed by atoms with E-state index in [1.807, 2.05) is 6.92 Å². The van der Waals surface area contributed by atoms with E-state index < -0.39 is 33.7 Å². The largest absolute Gasteiger partial charge is 0.494 e.